The highest BCUT2D eigenvalue weighted by Crippen LogP contribution is 2.61. The van der Waals surface area contributed by atoms with E-state index >= 15 is 0 Å². The number of nitrogens with zero attached hydrogens (tertiary/aromatic N) is 2. The first-order chi connectivity index (χ1) is 9.56. The minimum atomic E-state index is 0. The third-order valence-electron chi connectivity index (χ3n) is 7.03. The highest BCUT2D eigenvalue weighted by molar-refractivity contribution is 5.21. The highest BCUT2D eigenvalue weighted by Gasteiger charge is 2.60. The second-order valence-electron chi connectivity index (χ2n) is 10.1. The Morgan fingerprint density at radius 1 is 0.957 bits per heavy atom. The summed E-state index contributed by atoms with van der Waals surface area (Å²) in [4.78, 5) is 0. The van der Waals surface area contributed by atoms with E-state index in [1.807, 2.05) is 0 Å². The van der Waals surface area contributed by atoms with Gasteiger partial charge in [0.05, 0.1) is 54.4 Å². The zero-order valence-corrected chi connectivity index (χ0v) is 20.2. The van der Waals surface area contributed by atoms with Crippen LogP contribution in [0.5, 0.6) is 0 Å². The maximum absolute atomic E-state index is 2.58. The maximum Gasteiger partial charge on any atom is 0.0839 e. The molecule has 4 unspecified atom stereocenters. The topological polar surface area (TPSA) is 0 Å². The SMILES string of the molecule is CC12C=CC(C)(CC1)C1C[N+](C)(CCC[N+](C)(C)C)CC12.[I-].[I-]. The smallest absolute Gasteiger partial charge is 0.0839 e. The molecule has 0 aromatic rings. The molecular formula is C19H36I2N2. The molecule has 0 radical (unpaired) electrons. The number of hydrogen-bond donors (Lipinski definition) is 0. The van der Waals surface area contributed by atoms with Crippen molar-refractivity contribution in [1.29, 1.82) is 0 Å². The summed E-state index contributed by atoms with van der Waals surface area (Å²) >= 11 is 0. The van der Waals surface area contributed by atoms with E-state index in [0.717, 1.165) is 16.3 Å². The number of likely N-dealkylation sites (tertiary alicyclic amines) is 1. The zero-order chi connectivity index (χ0) is 15.5. The van der Waals surface area contributed by atoms with Gasteiger partial charge in [-0.1, -0.05) is 26.0 Å². The molecule has 1 saturated heterocycles. The van der Waals surface area contributed by atoms with Crippen LogP contribution in [0.15, 0.2) is 12.2 Å². The lowest BCUT2D eigenvalue weighted by Crippen LogP contribution is -3.00. The fourth-order valence-corrected chi connectivity index (χ4v) is 5.43. The molecular weight excluding hydrogens is 510 g/mol. The van der Waals surface area contributed by atoms with Crippen LogP contribution in [0.4, 0.5) is 0 Å². The number of hydrogen-bond acceptors (Lipinski definition) is 0. The van der Waals surface area contributed by atoms with Crippen LogP contribution < -0.4 is 48.0 Å². The van der Waals surface area contributed by atoms with Gasteiger partial charge in [0.2, 0.25) is 0 Å². The normalized spacial score (nSPS) is 44.4. The van der Waals surface area contributed by atoms with E-state index in [-0.39, 0.29) is 48.0 Å². The third-order valence-corrected chi connectivity index (χ3v) is 7.03. The average Bonchev–Trinajstić information content (AvgIpc) is 2.71. The molecule has 4 atom stereocenters. The Morgan fingerprint density at radius 3 is 1.74 bits per heavy atom. The Bertz CT molecular complexity index is 429. The second kappa shape index (κ2) is 7.03. The minimum Gasteiger partial charge on any atom is -1.00 e. The lowest BCUT2D eigenvalue weighted by molar-refractivity contribution is -0.910. The fourth-order valence-electron chi connectivity index (χ4n) is 5.43. The standard InChI is InChI=1S/C19H36N2.2HI/c1-18-8-10-19(2,11-9-18)17-15-21(6,14-16(17)18)13-7-12-20(3,4)5;;/h8,10,16-17H,7,9,11-15H2,1-6H3;2*1H/q+2;;/p-2. The molecule has 4 aliphatic rings. The fraction of sp³-hybridized carbons (Fsp3) is 0.895. The first-order valence-corrected chi connectivity index (χ1v) is 8.90. The summed E-state index contributed by atoms with van der Waals surface area (Å²) in [6.07, 6.45) is 9.36. The molecule has 0 spiro atoms. The summed E-state index contributed by atoms with van der Waals surface area (Å²) in [6.45, 7) is 10.6. The summed E-state index contributed by atoms with van der Waals surface area (Å²) in [5.74, 6) is 1.85. The molecule has 2 bridgehead atoms. The molecule has 1 saturated carbocycles. The van der Waals surface area contributed by atoms with E-state index in [0.29, 0.717) is 10.8 Å². The van der Waals surface area contributed by atoms with E-state index in [1.54, 1.807) is 0 Å². The van der Waals surface area contributed by atoms with Gasteiger partial charge in [-0.2, -0.15) is 0 Å². The summed E-state index contributed by atoms with van der Waals surface area (Å²) in [5, 5.41) is 0. The summed E-state index contributed by atoms with van der Waals surface area (Å²) in [5.41, 5.74) is 0.997. The summed E-state index contributed by atoms with van der Waals surface area (Å²) < 4.78 is 2.42. The van der Waals surface area contributed by atoms with Crippen LogP contribution in [-0.4, -0.2) is 63.3 Å². The van der Waals surface area contributed by atoms with Crippen LogP contribution in [0, 0.1) is 22.7 Å². The first kappa shape index (κ1) is 22.2. The zero-order valence-electron chi connectivity index (χ0n) is 15.9. The Morgan fingerprint density at radius 2 is 1.39 bits per heavy atom. The van der Waals surface area contributed by atoms with Gasteiger partial charge >= 0.3 is 0 Å². The van der Waals surface area contributed by atoms with E-state index < -0.39 is 0 Å². The van der Waals surface area contributed by atoms with Gasteiger partial charge in [-0.3, -0.25) is 0 Å². The van der Waals surface area contributed by atoms with Crippen LogP contribution >= 0.6 is 0 Å². The van der Waals surface area contributed by atoms with Gasteiger partial charge in [0.1, 0.15) is 0 Å². The monoisotopic (exact) mass is 546 g/mol. The lowest BCUT2D eigenvalue weighted by Gasteiger charge is -2.52. The van der Waals surface area contributed by atoms with Crippen LogP contribution in [0.2, 0.25) is 0 Å². The molecule has 3 aliphatic carbocycles. The molecule has 0 aromatic heterocycles. The maximum atomic E-state index is 2.58. The Kier molecular flexibility index (Phi) is 6.77. The van der Waals surface area contributed by atoms with Gasteiger partial charge in [-0.05, 0) is 23.7 Å². The van der Waals surface area contributed by atoms with Gasteiger partial charge in [-0.15, -0.1) is 0 Å². The van der Waals surface area contributed by atoms with Crippen molar-refractivity contribution >= 4 is 0 Å². The van der Waals surface area contributed by atoms with E-state index in [4.69, 9.17) is 0 Å². The van der Waals surface area contributed by atoms with Crippen molar-refractivity contribution in [3.63, 3.8) is 0 Å². The lowest BCUT2D eigenvalue weighted by atomic mass is 9.50. The molecule has 23 heavy (non-hydrogen) atoms. The van der Waals surface area contributed by atoms with Crippen LogP contribution in [0.25, 0.3) is 0 Å². The predicted molar refractivity (Wildman–Crippen MR) is 89.9 cm³/mol. The van der Waals surface area contributed by atoms with Crippen LogP contribution in [0.1, 0.15) is 33.1 Å². The van der Waals surface area contributed by atoms with Gasteiger partial charge < -0.3 is 56.9 Å². The first-order valence-electron chi connectivity index (χ1n) is 8.90. The van der Waals surface area contributed by atoms with Crippen molar-refractivity contribution in [1.82, 2.24) is 0 Å². The highest BCUT2D eigenvalue weighted by atomic mass is 127. The molecule has 4 rings (SSSR count). The Labute approximate surface area is 178 Å². The number of halogens is 2. The molecule has 1 heterocycles. The quantitative estimate of drug-likeness (QED) is 0.203. The van der Waals surface area contributed by atoms with Gasteiger partial charge in [0.15, 0.2) is 0 Å². The number of quaternary nitrogens is 2. The molecule has 0 amide bonds. The average molecular weight is 546 g/mol. The van der Waals surface area contributed by atoms with E-state index in [1.165, 1.54) is 49.9 Å². The molecule has 2 nitrogen and oxygen atoms in total. The Balaban J connectivity index is 0.00000132. The van der Waals surface area contributed by atoms with Crippen LogP contribution in [0.3, 0.4) is 0 Å². The van der Waals surface area contributed by atoms with Crippen molar-refractivity contribution in [3.05, 3.63) is 12.2 Å². The van der Waals surface area contributed by atoms with Crippen molar-refractivity contribution in [3.8, 4) is 0 Å². The molecule has 0 aromatic carbocycles. The van der Waals surface area contributed by atoms with Crippen molar-refractivity contribution in [2.24, 2.45) is 22.7 Å². The number of allylic oxidation sites excluding steroid dienone is 2. The third kappa shape index (κ3) is 4.27. The minimum absolute atomic E-state index is 0. The molecule has 4 heteroatoms. The Hall–Kier alpha value is 1.12. The van der Waals surface area contributed by atoms with Crippen molar-refractivity contribution in [2.45, 2.75) is 33.1 Å². The predicted octanol–water partition coefficient (Wildman–Crippen LogP) is -2.84. The largest absolute Gasteiger partial charge is 1.00 e. The van der Waals surface area contributed by atoms with Gasteiger partial charge in [0.25, 0.3) is 0 Å². The number of rotatable bonds is 4. The van der Waals surface area contributed by atoms with Crippen molar-refractivity contribution < 1.29 is 56.9 Å². The van der Waals surface area contributed by atoms with Crippen molar-refractivity contribution in [2.75, 3.05) is 54.4 Å². The molecule has 0 N–H and O–H groups in total. The molecule has 1 aliphatic heterocycles. The second-order valence-corrected chi connectivity index (χ2v) is 10.1. The van der Waals surface area contributed by atoms with Gasteiger partial charge in [0, 0.05) is 18.3 Å². The van der Waals surface area contributed by atoms with Crippen LogP contribution in [-0.2, 0) is 0 Å². The number of fused-ring (bicyclic) bond motifs is 1. The summed E-state index contributed by atoms with van der Waals surface area (Å²) in [7, 11) is 9.47. The summed E-state index contributed by atoms with van der Waals surface area (Å²) in [6, 6.07) is 0. The van der Waals surface area contributed by atoms with E-state index in [9.17, 15) is 0 Å². The molecule has 136 valence electrons. The van der Waals surface area contributed by atoms with E-state index in [2.05, 4.69) is 54.2 Å². The molecule has 2 fully saturated rings. The van der Waals surface area contributed by atoms with Gasteiger partial charge in [-0.25, -0.2) is 0 Å².